The van der Waals surface area contributed by atoms with Crippen molar-refractivity contribution in [3.8, 4) is 0 Å². The Bertz CT molecular complexity index is 480. The molecule has 1 heterocycles. The fourth-order valence-corrected chi connectivity index (χ4v) is 2.79. The molecule has 1 aromatic carbocycles. The third-order valence-electron chi connectivity index (χ3n) is 3.78. The first-order chi connectivity index (χ1) is 8.77. The molecule has 1 aliphatic heterocycles. The van der Waals surface area contributed by atoms with Gasteiger partial charge in [0.2, 0.25) is 11.8 Å². The summed E-state index contributed by atoms with van der Waals surface area (Å²) >= 11 is 0. The van der Waals surface area contributed by atoms with Crippen LogP contribution in [0.3, 0.4) is 0 Å². The topological polar surface area (TPSA) is 37.4 Å². The number of allylic oxidation sites excluding steroid dienone is 2. The van der Waals surface area contributed by atoms with Gasteiger partial charge in [0.05, 0.1) is 18.4 Å². The van der Waals surface area contributed by atoms with E-state index in [1.54, 1.807) is 0 Å². The minimum absolute atomic E-state index is 0.00166. The summed E-state index contributed by atoms with van der Waals surface area (Å²) in [5.41, 5.74) is 1.01. The van der Waals surface area contributed by atoms with Gasteiger partial charge in [0.25, 0.3) is 0 Å². The maximum Gasteiger partial charge on any atom is 0.233 e. The Balaban J connectivity index is 1.82. The lowest BCUT2D eigenvalue weighted by Gasteiger charge is -2.14. The quantitative estimate of drug-likeness (QED) is 0.587. The van der Waals surface area contributed by atoms with Gasteiger partial charge in [-0.3, -0.25) is 14.5 Å². The molecule has 2 aliphatic rings. The molecule has 1 saturated heterocycles. The van der Waals surface area contributed by atoms with Crippen molar-refractivity contribution in [2.75, 3.05) is 0 Å². The van der Waals surface area contributed by atoms with E-state index in [1.807, 2.05) is 42.5 Å². The van der Waals surface area contributed by atoms with Gasteiger partial charge in [-0.2, -0.15) is 0 Å². The lowest BCUT2D eigenvalue weighted by Crippen LogP contribution is -2.30. The van der Waals surface area contributed by atoms with Crippen LogP contribution in [0, 0.1) is 11.8 Å². The number of hydrogen-bond donors (Lipinski definition) is 0. The fourth-order valence-electron chi connectivity index (χ4n) is 2.79. The molecule has 0 spiro atoms. The van der Waals surface area contributed by atoms with Crippen molar-refractivity contribution in [3.63, 3.8) is 0 Å². The van der Waals surface area contributed by atoms with Crippen molar-refractivity contribution in [2.24, 2.45) is 11.8 Å². The third kappa shape index (κ3) is 1.76. The highest BCUT2D eigenvalue weighted by Crippen LogP contribution is 2.35. The molecule has 1 aromatic rings. The van der Waals surface area contributed by atoms with Crippen LogP contribution in [0.15, 0.2) is 42.5 Å². The Morgan fingerprint density at radius 3 is 2.06 bits per heavy atom. The highest BCUT2D eigenvalue weighted by atomic mass is 16.2. The molecule has 0 aromatic heterocycles. The molecule has 0 bridgehead atoms. The average molecular weight is 241 g/mol. The summed E-state index contributed by atoms with van der Waals surface area (Å²) in [5.74, 6) is -0.242. The average Bonchev–Trinajstić information content (AvgIpc) is 2.66. The summed E-state index contributed by atoms with van der Waals surface area (Å²) in [6.07, 6.45) is 5.44. The second-order valence-corrected chi connectivity index (χ2v) is 4.90. The van der Waals surface area contributed by atoms with Crippen LogP contribution in [-0.4, -0.2) is 16.7 Å². The molecule has 1 fully saturated rings. The summed E-state index contributed by atoms with van der Waals surface area (Å²) < 4.78 is 0. The molecule has 3 rings (SSSR count). The summed E-state index contributed by atoms with van der Waals surface area (Å²) in [7, 11) is 0. The molecular formula is C15H15NO2. The third-order valence-corrected chi connectivity index (χ3v) is 3.78. The zero-order valence-electron chi connectivity index (χ0n) is 10.1. The molecular weight excluding hydrogens is 226 g/mol. The van der Waals surface area contributed by atoms with Crippen molar-refractivity contribution in [1.82, 2.24) is 4.90 Å². The van der Waals surface area contributed by atoms with Gasteiger partial charge in [-0.15, -0.1) is 0 Å². The van der Waals surface area contributed by atoms with Crippen LogP contribution >= 0.6 is 0 Å². The Morgan fingerprint density at radius 1 is 0.944 bits per heavy atom. The number of nitrogens with zero attached hydrogens (tertiary/aromatic N) is 1. The summed E-state index contributed by atoms with van der Waals surface area (Å²) in [4.78, 5) is 25.9. The maximum atomic E-state index is 12.2. The van der Waals surface area contributed by atoms with Crippen LogP contribution < -0.4 is 0 Å². The highest BCUT2D eigenvalue weighted by molar-refractivity contribution is 6.05. The molecule has 0 saturated carbocycles. The molecule has 0 unspecified atom stereocenters. The molecule has 1 aliphatic carbocycles. The molecule has 0 radical (unpaired) electrons. The number of rotatable bonds is 2. The van der Waals surface area contributed by atoms with Gasteiger partial charge in [-0.25, -0.2) is 0 Å². The van der Waals surface area contributed by atoms with Crippen molar-refractivity contribution in [2.45, 2.75) is 19.4 Å². The smallest absolute Gasteiger partial charge is 0.233 e. The van der Waals surface area contributed by atoms with E-state index in [9.17, 15) is 9.59 Å². The SMILES string of the molecule is O=C1[C@H]2CC=CC[C@@H]2C(=O)N1Cc1ccccc1. The van der Waals surface area contributed by atoms with E-state index < -0.39 is 0 Å². The van der Waals surface area contributed by atoms with Gasteiger partial charge in [0, 0.05) is 0 Å². The van der Waals surface area contributed by atoms with Crippen LogP contribution in [0.4, 0.5) is 0 Å². The number of imide groups is 1. The standard InChI is InChI=1S/C15H15NO2/c17-14-12-8-4-5-9-13(12)15(18)16(14)10-11-6-2-1-3-7-11/h1-7,12-13H,8-10H2/t12-,13-/m0/s1. The molecule has 3 heteroatoms. The normalized spacial score (nSPS) is 26.6. The van der Waals surface area contributed by atoms with Crippen molar-refractivity contribution in [3.05, 3.63) is 48.0 Å². The molecule has 2 amide bonds. The van der Waals surface area contributed by atoms with Gasteiger partial charge in [-0.1, -0.05) is 42.5 Å². The molecule has 3 nitrogen and oxygen atoms in total. The summed E-state index contributed by atoms with van der Waals surface area (Å²) in [5, 5.41) is 0. The number of hydrogen-bond acceptors (Lipinski definition) is 2. The van der Waals surface area contributed by atoms with Crippen LogP contribution in [-0.2, 0) is 16.1 Å². The first kappa shape index (κ1) is 11.2. The van der Waals surface area contributed by atoms with Crippen molar-refractivity contribution < 1.29 is 9.59 Å². The van der Waals surface area contributed by atoms with Crippen LogP contribution in [0.2, 0.25) is 0 Å². The number of carbonyl (C=O) groups excluding carboxylic acids is 2. The van der Waals surface area contributed by atoms with Crippen molar-refractivity contribution >= 4 is 11.8 Å². The zero-order chi connectivity index (χ0) is 12.5. The lowest BCUT2D eigenvalue weighted by molar-refractivity contribution is -0.140. The second kappa shape index (κ2) is 4.41. The highest BCUT2D eigenvalue weighted by Gasteiger charge is 2.46. The van der Waals surface area contributed by atoms with E-state index in [0.29, 0.717) is 19.4 Å². The monoisotopic (exact) mass is 241 g/mol. The van der Waals surface area contributed by atoms with Gasteiger partial charge < -0.3 is 0 Å². The first-order valence-electron chi connectivity index (χ1n) is 6.31. The minimum atomic E-state index is -0.119. The molecule has 0 N–H and O–H groups in total. The predicted octanol–water partition coefficient (Wildman–Crippen LogP) is 2.14. The maximum absolute atomic E-state index is 12.2. The second-order valence-electron chi connectivity index (χ2n) is 4.90. The van der Waals surface area contributed by atoms with E-state index in [2.05, 4.69) is 0 Å². The Morgan fingerprint density at radius 2 is 1.50 bits per heavy atom. The van der Waals surface area contributed by atoms with Crippen LogP contribution in [0.1, 0.15) is 18.4 Å². The Labute approximate surface area is 106 Å². The molecule has 18 heavy (non-hydrogen) atoms. The van der Waals surface area contributed by atoms with E-state index >= 15 is 0 Å². The van der Waals surface area contributed by atoms with Gasteiger partial charge in [0.15, 0.2) is 0 Å². The predicted molar refractivity (Wildman–Crippen MR) is 67.4 cm³/mol. The van der Waals surface area contributed by atoms with Crippen molar-refractivity contribution in [1.29, 1.82) is 0 Å². The van der Waals surface area contributed by atoms with E-state index in [0.717, 1.165) is 5.56 Å². The molecule has 2 atom stereocenters. The van der Waals surface area contributed by atoms with E-state index in [1.165, 1.54) is 4.90 Å². The molecule has 92 valence electrons. The fraction of sp³-hybridized carbons (Fsp3) is 0.333. The Hall–Kier alpha value is -1.90. The van der Waals surface area contributed by atoms with Crippen LogP contribution in [0.5, 0.6) is 0 Å². The minimum Gasteiger partial charge on any atom is -0.278 e. The first-order valence-corrected chi connectivity index (χ1v) is 6.31. The van der Waals surface area contributed by atoms with E-state index in [4.69, 9.17) is 0 Å². The zero-order valence-corrected chi connectivity index (χ0v) is 10.1. The number of carbonyl (C=O) groups is 2. The van der Waals surface area contributed by atoms with Gasteiger partial charge in [0.1, 0.15) is 0 Å². The number of likely N-dealkylation sites (tertiary alicyclic amines) is 1. The lowest BCUT2D eigenvalue weighted by atomic mass is 9.85. The van der Waals surface area contributed by atoms with Gasteiger partial charge in [-0.05, 0) is 18.4 Å². The number of benzene rings is 1. The van der Waals surface area contributed by atoms with Crippen LogP contribution in [0.25, 0.3) is 0 Å². The van der Waals surface area contributed by atoms with Gasteiger partial charge >= 0.3 is 0 Å². The van der Waals surface area contributed by atoms with E-state index in [-0.39, 0.29) is 23.7 Å². The summed E-state index contributed by atoms with van der Waals surface area (Å²) in [6, 6.07) is 9.67. The summed E-state index contributed by atoms with van der Waals surface area (Å²) in [6.45, 7) is 0.408. The largest absolute Gasteiger partial charge is 0.278 e. The number of amides is 2. The number of fused-ring (bicyclic) bond motifs is 1. The Kier molecular flexibility index (Phi) is 2.74.